The van der Waals surface area contributed by atoms with Crippen LogP contribution in [0.2, 0.25) is 0 Å². The maximum Gasteiger partial charge on any atom is 0.326 e. The summed E-state index contributed by atoms with van der Waals surface area (Å²) in [6.07, 6.45) is -5.28. The molecule has 23 nitrogen and oxygen atoms in total. The minimum atomic E-state index is -1.99. The number of carbonyl (C=O) groups excluding carboxylic acids is 6. The number of rotatable bonds is 26. The number of aliphatic imine (C=N–C) groups is 1. The summed E-state index contributed by atoms with van der Waals surface area (Å²) in [6.45, 7) is 1.27. The van der Waals surface area contributed by atoms with Crippen molar-refractivity contribution in [2.45, 2.75) is 108 Å². The van der Waals surface area contributed by atoms with Gasteiger partial charge in [-0.1, -0.05) is 0 Å². The molecule has 0 aliphatic rings. The molecule has 0 fully saturated rings. The van der Waals surface area contributed by atoms with Crippen LogP contribution in [0.1, 0.15) is 71.1 Å². The van der Waals surface area contributed by atoms with Gasteiger partial charge in [-0.05, 0) is 38.5 Å². The van der Waals surface area contributed by atoms with Crippen LogP contribution < -0.4 is 43.8 Å². The van der Waals surface area contributed by atoms with Crippen molar-refractivity contribution in [2.75, 3.05) is 6.54 Å². The Kier molecular flexibility index (Phi) is 21.1. The van der Waals surface area contributed by atoms with Crippen LogP contribution in [-0.4, -0.2) is 128 Å². The number of primary amides is 1. The third kappa shape index (κ3) is 21.2. The molecule has 0 spiro atoms. The van der Waals surface area contributed by atoms with E-state index in [4.69, 9.17) is 17.2 Å². The van der Waals surface area contributed by atoms with Crippen LogP contribution in [0.15, 0.2) is 4.99 Å². The van der Waals surface area contributed by atoms with Crippen molar-refractivity contribution in [3.63, 3.8) is 0 Å². The van der Waals surface area contributed by atoms with Gasteiger partial charge in [-0.15, -0.1) is 0 Å². The van der Waals surface area contributed by atoms with Gasteiger partial charge in [0.05, 0.1) is 6.04 Å². The minimum Gasteiger partial charge on any atom is -0.480 e. The van der Waals surface area contributed by atoms with E-state index in [1.54, 1.807) is 0 Å². The SMILES string of the molecule is CC(=O)N[C@@H](CCC(=O)N[C@@H](CCC(=O)N[C@@H](CCC(=O)N[C@@H](CCC(=O)N[C@@H](CCCN=C(N)N)C(N)=O)C(=O)O)C(=O)O)C(=O)O)C(O)O. The van der Waals surface area contributed by atoms with E-state index in [1.807, 2.05) is 0 Å². The average Bonchev–Trinajstić information content (AvgIpc) is 3.01. The van der Waals surface area contributed by atoms with Gasteiger partial charge in [0.1, 0.15) is 24.2 Å². The molecular formula is C28H47N9O14. The van der Waals surface area contributed by atoms with E-state index in [0.29, 0.717) is 6.42 Å². The van der Waals surface area contributed by atoms with Crippen molar-refractivity contribution >= 4 is 59.3 Å². The van der Waals surface area contributed by atoms with Crippen molar-refractivity contribution in [1.82, 2.24) is 26.6 Å². The zero-order valence-electron chi connectivity index (χ0n) is 27.8. The number of carboxylic acids is 3. The lowest BCUT2D eigenvalue weighted by Crippen LogP contribution is -2.46. The zero-order valence-corrected chi connectivity index (χ0v) is 27.8. The Labute approximate surface area is 291 Å². The predicted octanol–water partition coefficient (Wildman–Crippen LogP) is -5.35. The predicted molar refractivity (Wildman–Crippen MR) is 173 cm³/mol. The first-order chi connectivity index (χ1) is 23.7. The topological polar surface area (TPSA) is 405 Å². The number of hydrogen-bond donors (Lipinski definition) is 13. The van der Waals surface area contributed by atoms with Crippen LogP contribution in [0, 0.1) is 0 Å². The molecule has 0 bridgehead atoms. The summed E-state index contributed by atoms with van der Waals surface area (Å²) >= 11 is 0. The quantitative estimate of drug-likeness (QED) is 0.0171. The molecular weight excluding hydrogens is 686 g/mol. The summed E-state index contributed by atoms with van der Waals surface area (Å²) in [6, 6.07) is -7.12. The van der Waals surface area contributed by atoms with Crippen LogP contribution in [-0.2, 0) is 43.2 Å². The Hall–Kier alpha value is -5.58. The van der Waals surface area contributed by atoms with Gasteiger partial charge in [0.15, 0.2) is 12.2 Å². The van der Waals surface area contributed by atoms with E-state index >= 15 is 0 Å². The van der Waals surface area contributed by atoms with Gasteiger partial charge in [-0.25, -0.2) is 14.4 Å². The highest BCUT2D eigenvalue weighted by Crippen LogP contribution is 2.07. The van der Waals surface area contributed by atoms with Crippen molar-refractivity contribution in [3.8, 4) is 0 Å². The molecule has 0 aromatic heterocycles. The molecule has 0 radical (unpaired) electrons. The molecule has 23 heteroatoms. The number of guanidine groups is 1. The third-order valence-corrected chi connectivity index (χ3v) is 6.94. The second kappa shape index (κ2) is 23.7. The molecule has 16 N–H and O–H groups in total. The van der Waals surface area contributed by atoms with Gasteiger partial charge in [0, 0.05) is 39.2 Å². The number of hydrogen-bond acceptors (Lipinski definition) is 12. The van der Waals surface area contributed by atoms with Gasteiger partial charge >= 0.3 is 17.9 Å². The summed E-state index contributed by atoms with van der Waals surface area (Å²) in [7, 11) is 0. The lowest BCUT2D eigenvalue weighted by molar-refractivity contribution is -0.144. The fraction of sp³-hybridized carbons (Fsp3) is 0.643. The summed E-state index contributed by atoms with van der Waals surface area (Å²) in [5, 5.41) is 57.9. The van der Waals surface area contributed by atoms with Gasteiger partial charge < -0.3 is 69.3 Å². The Morgan fingerprint density at radius 2 is 0.902 bits per heavy atom. The molecule has 6 amide bonds. The molecule has 0 aromatic rings. The molecule has 0 heterocycles. The van der Waals surface area contributed by atoms with Crippen LogP contribution in [0.3, 0.4) is 0 Å². The molecule has 0 saturated heterocycles. The molecule has 0 rings (SSSR count). The first-order valence-electron chi connectivity index (χ1n) is 15.6. The fourth-order valence-electron chi connectivity index (χ4n) is 4.30. The normalized spacial score (nSPS) is 13.6. The molecule has 51 heavy (non-hydrogen) atoms. The number of aliphatic hydroxyl groups is 2. The van der Waals surface area contributed by atoms with Gasteiger partial charge in [-0.3, -0.25) is 33.8 Å². The highest BCUT2D eigenvalue weighted by molar-refractivity contribution is 5.89. The first kappa shape index (κ1) is 45.4. The molecule has 0 aliphatic heterocycles. The summed E-state index contributed by atoms with van der Waals surface area (Å²) in [5.41, 5.74) is 15.7. The molecule has 0 aliphatic carbocycles. The number of carboxylic acid groups (broad SMARTS) is 3. The van der Waals surface area contributed by atoms with Gasteiger partial charge in [-0.2, -0.15) is 0 Å². The van der Waals surface area contributed by atoms with Crippen molar-refractivity contribution in [2.24, 2.45) is 22.2 Å². The van der Waals surface area contributed by atoms with Gasteiger partial charge in [0.25, 0.3) is 0 Å². The second-order valence-corrected chi connectivity index (χ2v) is 11.2. The van der Waals surface area contributed by atoms with E-state index in [0.717, 1.165) is 6.92 Å². The zero-order chi connectivity index (χ0) is 39.3. The number of carbonyl (C=O) groups is 9. The number of nitrogens with zero attached hydrogens (tertiary/aromatic N) is 1. The number of aliphatic hydroxyl groups excluding tert-OH is 1. The van der Waals surface area contributed by atoms with Crippen LogP contribution in [0.5, 0.6) is 0 Å². The Morgan fingerprint density at radius 1 is 0.549 bits per heavy atom. The largest absolute Gasteiger partial charge is 0.480 e. The lowest BCUT2D eigenvalue weighted by Gasteiger charge is -2.20. The van der Waals surface area contributed by atoms with Crippen molar-refractivity contribution in [3.05, 3.63) is 0 Å². The molecule has 0 saturated carbocycles. The van der Waals surface area contributed by atoms with E-state index in [1.165, 1.54) is 0 Å². The monoisotopic (exact) mass is 733 g/mol. The van der Waals surface area contributed by atoms with Crippen LogP contribution in [0.4, 0.5) is 0 Å². The first-order valence-corrected chi connectivity index (χ1v) is 15.6. The minimum absolute atomic E-state index is 0.0932. The standard InChI is InChI=1S/C28H47N9O14/c1-13(38)33-15(24(44)45)4-8-20(40)35-17(26(48)49)6-10-22(42)37-18(27(50)51)7-11-21(41)36-16(25(46)47)5-9-19(39)34-14(23(29)43)3-2-12-32-28(30)31/h14-18,24,44-45H,2-12H2,1H3,(H2,29,43)(H,33,38)(H,34,39)(H,35,40)(H,36,41)(H,37,42)(H,46,47)(H,48,49)(H,50,51)(H4,30,31,32)/t14-,15-,16-,17-,18-/m0/s1. The summed E-state index contributed by atoms with van der Waals surface area (Å²) < 4.78 is 0. The van der Waals surface area contributed by atoms with Crippen LogP contribution >= 0.6 is 0 Å². The number of nitrogens with one attached hydrogen (secondary N) is 5. The fourth-order valence-corrected chi connectivity index (χ4v) is 4.30. The van der Waals surface area contributed by atoms with E-state index in [-0.39, 0.29) is 25.3 Å². The summed E-state index contributed by atoms with van der Waals surface area (Å²) in [4.78, 5) is 111. The van der Waals surface area contributed by atoms with Crippen LogP contribution in [0.25, 0.3) is 0 Å². The number of nitrogens with two attached hydrogens (primary N) is 3. The maximum absolute atomic E-state index is 12.4. The number of aliphatic carboxylic acids is 3. The molecule has 5 atom stereocenters. The highest BCUT2D eigenvalue weighted by Gasteiger charge is 2.27. The number of amides is 6. The van der Waals surface area contributed by atoms with Crippen molar-refractivity contribution in [1.29, 1.82) is 0 Å². The smallest absolute Gasteiger partial charge is 0.326 e. The molecule has 288 valence electrons. The maximum atomic E-state index is 12.4. The lowest BCUT2D eigenvalue weighted by atomic mass is 10.1. The Morgan fingerprint density at radius 3 is 1.20 bits per heavy atom. The van der Waals surface area contributed by atoms with Crippen molar-refractivity contribution < 1.29 is 68.7 Å². The van der Waals surface area contributed by atoms with E-state index < -0.39 is 135 Å². The molecule has 0 aromatic carbocycles. The summed E-state index contributed by atoms with van der Waals surface area (Å²) in [5.74, 6) is -9.68. The molecule has 0 unspecified atom stereocenters. The van der Waals surface area contributed by atoms with E-state index in [9.17, 15) is 68.7 Å². The third-order valence-electron chi connectivity index (χ3n) is 6.94. The Balaban J connectivity index is 4.97. The van der Waals surface area contributed by atoms with Gasteiger partial charge in [0.2, 0.25) is 35.4 Å². The van der Waals surface area contributed by atoms with E-state index in [2.05, 4.69) is 31.6 Å². The highest BCUT2D eigenvalue weighted by atomic mass is 16.5. The average molecular weight is 734 g/mol. The second-order valence-electron chi connectivity index (χ2n) is 11.2. The Bertz CT molecular complexity index is 1290.